The van der Waals surface area contributed by atoms with Crippen molar-refractivity contribution in [3.63, 3.8) is 0 Å². The van der Waals surface area contributed by atoms with Gasteiger partial charge < -0.3 is 5.11 Å². The standard InChI is InChI=1S/C13H27NO/c1-6-12-8-7-11(4)14(12)9-13(5,15)10(2)3/h10-12,15H,6-9H2,1-5H3. The van der Waals surface area contributed by atoms with Crippen LogP contribution < -0.4 is 0 Å². The number of hydrogen-bond acceptors (Lipinski definition) is 2. The van der Waals surface area contributed by atoms with Crippen molar-refractivity contribution in [1.82, 2.24) is 4.90 Å². The molecule has 1 rings (SSSR count). The van der Waals surface area contributed by atoms with Gasteiger partial charge in [-0.15, -0.1) is 0 Å². The Bertz CT molecular complexity index is 201. The van der Waals surface area contributed by atoms with Crippen LogP contribution in [0.3, 0.4) is 0 Å². The molecule has 3 unspecified atom stereocenters. The predicted molar refractivity (Wildman–Crippen MR) is 64.9 cm³/mol. The molecule has 0 spiro atoms. The van der Waals surface area contributed by atoms with Crippen LogP contribution in [-0.2, 0) is 0 Å². The lowest BCUT2D eigenvalue weighted by Gasteiger charge is -2.37. The van der Waals surface area contributed by atoms with Crippen LogP contribution >= 0.6 is 0 Å². The van der Waals surface area contributed by atoms with Gasteiger partial charge in [0.2, 0.25) is 0 Å². The first-order chi connectivity index (χ1) is 6.88. The summed E-state index contributed by atoms with van der Waals surface area (Å²) in [5, 5.41) is 10.3. The fourth-order valence-electron chi connectivity index (χ4n) is 2.40. The third-order valence-electron chi connectivity index (χ3n) is 4.17. The molecule has 2 nitrogen and oxygen atoms in total. The highest BCUT2D eigenvalue weighted by Crippen LogP contribution is 2.29. The van der Waals surface area contributed by atoms with Gasteiger partial charge in [0.1, 0.15) is 0 Å². The van der Waals surface area contributed by atoms with E-state index in [-0.39, 0.29) is 0 Å². The van der Waals surface area contributed by atoms with Gasteiger partial charge in [0, 0.05) is 18.6 Å². The first kappa shape index (κ1) is 13.0. The van der Waals surface area contributed by atoms with Gasteiger partial charge in [-0.2, -0.15) is 0 Å². The molecule has 1 aliphatic rings. The van der Waals surface area contributed by atoms with Gasteiger partial charge >= 0.3 is 0 Å². The molecule has 0 bridgehead atoms. The lowest BCUT2D eigenvalue weighted by atomic mass is 9.91. The topological polar surface area (TPSA) is 23.5 Å². The third kappa shape index (κ3) is 2.94. The zero-order chi connectivity index (χ0) is 11.6. The molecule has 1 saturated heterocycles. The van der Waals surface area contributed by atoms with E-state index in [0.717, 1.165) is 6.54 Å². The second kappa shape index (κ2) is 4.84. The van der Waals surface area contributed by atoms with Crippen LogP contribution in [0, 0.1) is 5.92 Å². The molecule has 1 heterocycles. The molecule has 0 saturated carbocycles. The number of β-amino-alcohol motifs (C(OH)–C–C–N with tert-alkyl or cyclic N) is 1. The highest BCUT2D eigenvalue weighted by molar-refractivity contribution is 4.90. The van der Waals surface area contributed by atoms with E-state index in [4.69, 9.17) is 0 Å². The van der Waals surface area contributed by atoms with Gasteiger partial charge in [0.15, 0.2) is 0 Å². The molecule has 0 aromatic heterocycles. The van der Waals surface area contributed by atoms with Crippen LogP contribution in [0.1, 0.15) is 53.9 Å². The van der Waals surface area contributed by atoms with Crippen LogP contribution in [0.15, 0.2) is 0 Å². The van der Waals surface area contributed by atoms with Gasteiger partial charge in [-0.05, 0) is 39.0 Å². The summed E-state index contributed by atoms with van der Waals surface area (Å²) in [4.78, 5) is 2.50. The Balaban J connectivity index is 2.62. The summed E-state index contributed by atoms with van der Waals surface area (Å²) in [6.45, 7) is 11.5. The molecule has 15 heavy (non-hydrogen) atoms. The van der Waals surface area contributed by atoms with E-state index < -0.39 is 5.60 Å². The highest BCUT2D eigenvalue weighted by atomic mass is 16.3. The molecule has 0 aromatic rings. The maximum absolute atomic E-state index is 10.3. The van der Waals surface area contributed by atoms with Crippen molar-refractivity contribution in [2.24, 2.45) is 5.92 Å². The fourth-order valence-corrected chi connectivity index (χ4v) is 2.40. The summed E-state index contributed by atoms with van der Waals surface area (Å²) in [6, 6.07) is 1.32. The third-order valence-corrected chi connectivity index (χ3v) is 4.17. The van der Waals surface area contributed by atoms with Crippen molar-refractivity contribution >= 4 is 0 Å². The minimum Gasteiger partial charge on any atom is -0.389 e. The van der Waals surface area contributed by atoms with Gasteiger partial charge in [-0.3, -0.25) is 4.90 Å². The summed E-state index contributed by atoms with van der Waals surface area (Å²) in [5.74, 6) is 0.322. The molecule has 0 aromatic carbocycles. The Labute approximate surface area is 94.7 Å². The SMILES string of the molecule is CCC1CCC(C)N1CC(C)(O)C(C)C. The van der Waals surface area contributed by atoms with Crippen LogP contribution in [-0.4, -0.2) is 34.2 Å². The minimum atomic E-state index is -0.550. The van der Waals surface area contributed by atoms with E-state index in [1.165, 1.54) is 19.3 Å². The summed E-state index contributed by atoms with van der Waals surface area (Å²) >= 11 is 0. The van der Waals surface area contributed by atoms with Crippen molar-refractivity contribution in [3.8, 4) is 0 Å². The van der Waals surface area contributed by atoms with E-state index in [2.05, 4.69) is 32.6 Å². The molecular formula is C13H27NO. The Morgan fingerprint density at radius 2 is 2.00 bits per heavy atom. The van der Waals surface area contributed by atoms with Gasteiger partial charge in [0.05, 0.1) is 5.60 Å². The second-order valence-electron chi connectivity index (χ2n) is 5.67. The Hall–Kier alpha value is -0.0800. The monoisotopic (exact) mass is 213 g/mol. The summed E-state index contributed by atoms with van der Waals surface area (Å²) < 4.78 is 0. The average molecular weight is 213 g/mol. The van der Waals surface area contributed by atoms with E-state index in [1.54, 1.807) is 0 Å². The van der Waals surface area contributed by atoms with E-state index in [0.29, 0.717) is 18.0 Å². The van der Waals surface area contributed by atoms with Gasteiger partial charge in [-0.25, -0.2) is 0 Å². The number of aliphatic hydroxyl groups is 1. The molecule has 2 heteroatoms. The maximum Gasteiger partial charge on any atom is 0.0769 e. The summed E-state index contributed by atoms with van der Waals surface area (Å²) in [5.41, 5.74) is -0.550. The van der Waals surface area contributed by atoms with Crippen molar-refractivity contribution in [1.29, 1.82) is 0 Å². The molecule has 1 fully saturated rings. The van der Waals surface area contributed by atoms with E-state index >= 15 is 0 Å². The van der Waals surface area contributed by atoms with Gasteiger partial charge in [0.25, 0.3) is 0 Å². The normalized spacial score (nSPS) is 32.2. The molecule has 0 radical (unpaired) electrons. The van der Waals surface area contributed by atoms with E-state index in [1.807, 2.05) is 6.92 Å². The maximum atomic E-state index is 10.3. The Kier molecular flexibility index (Phi) is 4.19. The fraction of sp³-hybridized carbons (Fsp3) is 1.00. The number of rotatable bonds is 4. The van der Waals surface area contributed by atoms with Crippen molar-refractivity contribution < 1.29 is 5.11 Å². The predicted octanol–water partition coefficient (Wildman–Crippen LogP) is 2.66. The van der Waals surface area contributed by atoms with Crippen molar-refractivity contribution in [2.75, 3.05) is 6.54 Å². The minimum absolute atomic E-state index is 0.322. The van der Waals surface area contributed by atoms with Gasteiger partial charge in [-0.1, -0.05) is 20.8 Å². The number of hydrogen-bond donors (Lipinski definition) is 1. The van der Waals surface area contributed by atoms with Crippen LogP contribution in [0.5, 0.6) is 0 Å². The average Bonchev–Trinajstić information content (AvgIpc) is 2.47. The second-order valence-corrected chi connectivity index (χ2v) is 5.67. The molecule has 1 aliphatic heterocycles. The zero-order valence-corrected chi connectivity index (χ0v) is 11.0. The van der Waals surface area contributed by atoms with Crippen molar-refractivity contribution in [3.05, 3.63) is 0 Å². The number of likely N-dealkylation sites (tertiary alicyclic amines) is 1. The van der Waals surface area contributed by atoms with E-state index in [9.17, 15) is 5.11 Å². The van der Waals surface area contributed by atoms with Crippen LogP contribution in [0.25, 0.3) is 0 Å². The molecule has 90 valence electrons. The van der Waals surface area contributed by atoms with Crippen molar-refractivity contribution in [2.45, 2.75) is 71.6 Å². The Morgan fingerprint density at radius 1 is 1.40 bits per heavy atom. The summed E-state index contributed by atoms with van der Waals surface area (Å²) in [7, 11) is 0. The molecule has 0 aliphatic carbocycles. The summed E-state index contributed by atoms with van der Waals surface area (Å²) in [6.07, 6.45) is 3.79. The first-order valence-electron chi connectivity index (χ1n) is 6.36. The Morgan fingerprint density at radius 3 is 2.47 bits per heavy atom. The molecule has 3 atom stereocenters. The molecular weight excluding hydrogens is 186 g/mol. The largest absolute Gasteiger partial charge is 0.389 e. The highest BCUT2D eigenvalue weighted by Gasteiger charge is 2.35. The van der Waals surface area contributed by atoms with Crippen LogP contribution in [0.4, 0.5) is 0 Å². The lowest BCUT2D eigenvalue weighted by Crippen LogP contribution is -2.48. The quantitative estimate of drug-likeness (QED) is 0.776. The first-order valence-corrected chi connectivity index (χ1v) is 6.36. The van der Waals surface area contributed by atoms with Crippen LogP contribution in [0.2, 0.25) is 0 Å². The molecule has 1 N–H and O–H groups in total. The smallest absolute Gasteiger partial charge is 0.0769 e. The lowest BCUT2D eigenvalue weighted by molar-refractivity contribution is -0.0300. The molecule has 0 amide bonds. The zero-order valence-electron chi connectivity index (χ0n) is 11.0. The number of nitrogens with zero attached hydrogens (tertiary/aromatic N) is 1.